The molecule has 6 heteroatoms. The zero-order chi connectivity index (χ0) is 18.4. The minimum absolute atomic E-state index is 0.124. The van der Waals surface area contributed by atoms with Gasteiger partial charge in [-0.15, -0.1) is 11.3 Å². The van der Waals surface area contributed by atoms with E-state index >= 15 is 0 Å². The van der Waals surface area contributed by atoms with E-state index in [4.69, 9.17) is 4.74 Å². The topological polar surface area (TPSA) is 51.2 Å². The van der Waals surface area contributed by atoms with E-state index in [-0.39, 0.29) is 18.3 Å². The number of rotatable bonds is 7. The minimum Gasteiger partial charge on any atom is -0.488 e. The Morgan fingerprint density at radius 3 is 2.77 bits per heavy atom. The van der Waals surface area contributed by atoms with Gasteiger partial charge in [-0.1, -0.05) is 37.3 Å². The fourth-order valence-corrected chi connectivity index (χ4v) is 3.20. The summed E-state index contributed by atoms with van der Waals surface area (Å²) < 4.78 is 19.6. The molecule has 1 N–H and O–H groups in total. The van der Waals surface area contributed by atoms with Crippen molar-refractivity contribution in [3.63, 3.8) is 0 Å². The largest absolute Gasteiger partial charge is 0.488 e. The van der Waals surface area contributed by atoms with Crippen LogP contribution >= 0.6 is 11.3 Å². The Hall–Kier alpha value is -2.73. The third kappa shape index (κ3) is 4.26. The van der Waals surface area contributed by atoms with Gasteiger partial charge in [-0.2, -0.15) is 0 Å². The molecule has 1 aromatic heterocycles. The molecule has 2 aromatic carbocycles. The maximum atomic E-state index is 13.8. The number of ether oxygens (including phenoxy) is 1. The summed E-state index contributed by atoms with van der Waals surface area (Å²) in [6.45, 7) is 2.74. The van der Waals surface area contributed by atoms with E-state index in [1.807, 2.05) is 31.2 Å². The normalized spacial score (nSPS) is 10.5. The van der Waals surface area contributed by atoms with Gasteiger partial charge in [-0.05, 0) is 24.6 Å². The molecular formula is C20H19FN2O2S. The lowest BCUT2D eigenvalue weighted by Crippen LogP contribution is -2.24. The smallest absolute Gasteiger partial charge is 0.270 e. The molecule has 3 rings (SSSR count). The molecular weight excluding hydrogens is 351 g/mol. The van der Waals surface area contributed by atoms with Crippen LogP contribution in [0.15, 0.2) is 53.9 Å². The lowest BCUT2D eigenvalue weighted by molar-refractivity contribution is 0.0949. The SMILES string of the molecule is CCCNC(=O)c1csc(-c2ccccc2OCc2ccccc2F)n1. The van der Waals surface area contributed by atoms with E-state index in [2.05, 4.69) is 10.3 Å². The zero-order valence-electron chi connectivity index (χ0n) is 14.4. The molecule has 0 bridgehead atoms. The Kier molecular flexibility index (Phi) is 5.96. The highest BCUT2D eigenvalue weighted by molar-refractivity contribution is 7.13. The van der Waals surface area contributed by atoms with E-state index in [1.165, 1.54) is 17.4 Å². The molecule has 0 saturated heterocycles. The van der Waals surface area contributed by atoms with Gasteiger partial charge in [0.2, 0.25) is 0 Å². The number of nitrogens with one attached hydrogen (secondary N) is 1. The van der Waals surface area contributed by atoms with Crippen LogP contribution in [0.1, 0.15) is 29.4 Å². The molecule has 0 saturated carbocycles. The highest BCUT2D eigenvalue weighted by atomic mass is 32.1. The fraction of sp³-hybridized carbons (Fsp3) is 0.200. The molecule has 0 radical (unpaired) electrons. The summed E-state index contributed by atoms with van der Waals surface area (Å²) in [5.41, 5.74) is 1.66. The van der Waals surface area contributed by atoms with Gasteiger partial charge in [-0.25, -0.2) is 9.37 Å². The predicted molar refractivity (Wildman–Crippen MR) is 101 cm³/mol. The van der Waals surface area contributed by atoms with Gasteiger partial charge >= 0.3 is 0 Å². The standard InChI is InChI=1S/C20H19FN2O2S/c1-2-11-22-19(24)17-13-26-20(23-17)15-8-4-6-10-18(15)25-12-14-7-3-5-9-16(14)21/h3-10,13H,2,11-12H2,1H3,(H,22,24). The summed E-state index contributed by atoms with van der Waals surface area (Å²) >= 11 is 1.38. The second kappa shape index (κ2) is 8.58. The molecule has 4 nitrogen and oxygen atoms in total. The Balaban J connectivity index is 1.78. The van der Waals surface area contributed by atoms with Gasteiger partial charge in [-0.3, -0.25) is 4.79 Å². The number of thiazole rings is 1. The lowest BCUT2D eigenvalue weighted by atomic mass is 10.2. The molecule has 0 aliphatic heterocycles. The van der Waals surface area contributed by atoms with Crippen molar-refractivity contribution in [1.82, 2.24) is 10.3 Å². The van der Waals surface area contributed by atoms with Gasteiger partial charge < -0.3 is 10.1 Å². The molecule has 0 aliphatic carbocycles. The molecule has 0 fully saturated rings. The van der Waals surface area contributed by atoms with Crippen LogP contribution in [0.3, 0.4) is 0 Å². The van der Waals surface area contributed by atoms with E-state index in [0.29, 0.717) is 28.6 Å². The molecule has 0 aliphatic rings. The molecule has 1 amide bonds. The summed E-state index contributed by atoms with van der Waals surface area (Å²) in [7, 11) is 0. The number of hydrogen-bond acceptors (Lipinski definition) is 4. The first-order valence-corrected chi connectivity index (χ1v) is 9.26. The first-order valence-electron chi connectivity index (χ1n) is 8.38. The Labute approximate surface area is 155 Å². The fourth-order valence-electron chi connectivity index (χ4n) is 2.37. The summed E-state index contributed by atoms with van der Waals surface area (Å²) in [6, 6.07) is 13.9. The first-order chi connectivity index (χ1) is 12.7. The van der Waals surface area contributed by atoms with Gasteiger partial charge in [0.05, 0.1) is 5.56 Å². The van der Waals surface area contributed by atoms with Crippen LogP contribution in [0.5, 0.6) is 5.75 Å². The van der Waals surface area contributed by atoms with E-state index in [0.717, 1.165) is 12.0 Å². The first kappa shape index (κ1) is 18.1. The number of para-hydroxylation sites is 1. The van der Waals surface area contributed by atoms with Crippen molar-refractivity contribution in [2.24, 2.45) is 0 Å². The summed E-state index contributed by atoms with van der Waals surface area (Å²) in [4.78, 5) is 16.5. The average molecular weight is 370 g/mol. The van der Waals surface area contributed by atoms with Crippen molar-refractivity contribution < 1.29 is 13.9 Å². The summed E-state index contributed by atoms with van der Waals surface area (Å²) in [5.74, 6) is 0.124. The van der Waals surface area contributed by atoms with Gasteiger partial charge in [0.1, 0.15) is 28.9 Å². The second-order valence-corrected chi connectivity index (χ2v) is 6.53. The number of hydrogen-bond donors (Lipinski definition) is 1. The zero-order valence-corrected chi connectivity index (χ0v) is 15.2. The van der Waals surface area contributed by atoms with Crippen LogP contribution in [0.2, 0.25) is 0 Å². The monoisotopic (exact) mass is 370 g/mol. The number of carbonyl (C=O) groups excluding carboxylic acids is 1. The molecule has 0 atom stereocenters. The van der Waals surface area contributed by atoms with Crippen molar-refractivity contribution in [2.75, 3.05) is 6.54 Å². The average Bonchev–Trinajstić information content (AvgIpc) is 3.16. The van der Waals surface area contributed by atoms with E-state index < -0.39 is 0 Å². The number of aromatic nitrogens is 1. The van der Waals surface area contributed by atoms with Crippen molar-refractivity contribution in [2.45, 2.75) is 20.0 Å². The van der Waals surface area contributed by atoms with Crippen LogP contribution in [-0.2, 0) is 6.61 Å². The minimum atomic E-state index is -0.297. The quantitative estimate of drug-likeness (QED) is 0.658. The Morgan fingerprint density at radius 1 is 1.19 bits per heavy atom. The van der Waals surface area contributed by atoms with Crippen LogP contribution in [0.25, 0.3) is 10.6 Å². The molecule has 0 spiro atoms. The second-order valence-electron chi connectivity index (χ2n) is 5.67. The highest BCUT2D eigenvalue weighted by Gasteiger charge is 2.14. The van der Waals surface area contributed by atoms with Crippen molar-refractivity contribution >= 4 is 17.2 Å². The molecule has 0 unspecified atom stereocenters. The van der Waals surface area contributed by atoms with Crippen molar-refractivity contribution in [3.05, 3.63) is 71.0 Å². The third-order valence-electron chi connectivity index (χ3n) is 3.73. The van der Waals surface area contributed by atoms with Crippen molar-refractivity contribution in [1.29, 1.82) is 0 Å². The van der Waals surface area contributed by atoms with E-state index in [1.54, 1.807) is 23.6 Å². The van der Waals surface area contributed by atoms with Crippen molar-refractivity contribution in [3.8, 4) is 16.3 Å². The van der Waals surface area contributed by atoms with Gasteiger partial charge in [0.25, 0.3) is 5.91 Å². The number of benzene rings is 2. The maximum Gasteiger partial charge on any atom is 0.270 e. The van der Waals surface area contributed by atoms with Crippen LogP contribution in [0, 0.1) is 5.82 Å². The van der Waals surface area contributed by atoms with Gasteiger partial charge in [0, 0.05) is 17.5 Å². The molecule has 134 valence electrons. The highest BCUT2D eigenvalue weighted by Crippen LogP contribution is 2.32. The Bertz CT molecular complexity index is 895. The summed E-state index contributed by atoms with van der Waals surface area (Å²) in [6.07, 6.45) is 0.870. The maximum absolute atomic E-state index is 13.8. The predicted octanol–water partition coefficient (Wildman–Crippen LogP) is 4.67. The number of carbonyl (C=O) groups is 1. The summed E-state index contributed by atoms with van der Waals surface area (Å²) in [5, 5.41) is 5.23. The van der Waals surface area contributed by atoms with Crippen LogP contribution in [-0.4, -0.2) is 17.4 Å². The van der Waals surface area contributed by atoms with Crippen LogP contribution < -0.4 is 10.1 Å². The molecule has 1 heterocycles. The van der Waals surface area contributed by atoms with Crippen LogP contribution in [0.4, 0.5) is 4.39 Å². The van der Waals surface area contributed by atoms with E-state index in [9.17, 15) is 9.18 Å². The Morgan fingerprint density at radius 2 is 1.96 bits per heavy atom. The van der Waals surface area contributed by atoms with Gasteiger partial charge in [0.15, 0.2) is 0 Å². The number of halogens is 1. The molecule has 3 aromatic rings. The lowest BCUT2D eigenvalue weighted by Gasteiger charge is -2.10. The number of nitrogens with zero attached hydrogens (tertiary/aromatic N) is 1. The third-order valence-corrected chi connectivity index (χ3v) is 4.61. The molecule has 26 heavy (non-hydrogen) atoms. The number of amides is 1.